The van der Waals surface area contributed by atoms with Gasteiger partial charge in [-0.1, -0.05) is 41.4 Å². The van der Waals surface area contributed by atoms with Gasteiger partial charge in [0, 0.05) is 18.4 Å². The van der Waals surface area contributed by atoms with Gasteiger partial charge in [0.15, 0.2) is 0 Å². The Morgan fingerprint density at radius 3 is 2.53 bits per heavy atom. The van der Waals surface area contributed by atoms with Crippen LogP contribution in [0.1, 0.15) is 38.1 Å². The van der Waals surface area contributed by atoms with Gasteiger partial charge in [-0.15, -0.1) is 0 Å². The van der Waals surface area contributed by atoms with Crippen LogP contribution >= 0.6 is 27.5 Å². The molecule has 1 aliphatic heterocycles. The summed E-state index contributed by atoms with van der Waals surface area (Å²) in [6, 6.07) is 0. The molecule has 0 amide bonds. The highest BCUT2D eigenvalue weighted by Gasteiger charge is 2.24. The minimum atomic E-state index is 0.627. The summed E-state index contributed by atoms with van der Waals surface area (Å²) in [4.78, 5) is 3.12. The highest BCUT2D eigenvalue weighted by atomic mass is 79.9. The minimum Gasteiger partial charge on any atom is -0.297 e. The number of rotatable bonds is 4. The average Bonchev–Trinajstić information content (AvgIpc) is 2.67. The molecule has 1 atom stereocenters. The molecule has 108 valence electrons. The molecular formula is C14H23BrClN3. The van der Waals surface area contributed by atoms with Crippen molar-refractivity contribution >= 4 is 27.5 Å². The lowest BCUT2D eigenvalue weighted by atomic mass is 9.94. The predicted molar refractivity (Wildman–Crippen MR) is 84.0 cm³/mol. The molecule has 5 heteroatoms. The molecule has 2 heterocycles. The van der Waals surface area contributed by atoms with E-state index in [0.29, 0.717) is 4.83 Å². The molecule has 3 nitrogen and oxygen atoms in total. The third-order valence-electron chi connectivity index (χ3n) is 4.16. The lowest BCUT2D eigenvalue weighted by Crippen LogP contribution is -2.35. The van der Waals surface area contributed by atoms with E-state index in [9.17, 15) is 0 Å². The van der Waals surface area contributed by atoms with E-state index in [1.54, 1.807) is 0 Å². The van der Waals surface area contributed by atoms with Crippen LogP contribution < -0.4 is 0 Å². The summed E-state index contributed by atoms with van der Waals surface area (Å²) in [5.74, 6) is 0.810. The topological polar surface area (TPSA) is 21.1 Å². The van der Waals surface area contributed by atoms with Crippen molar-refractivity contribution in [2.24, 2.45) is 13.0 Å². The molecule has 2 rings (SSSR count). The molecule has 0 spiro atoms. The number of hydrogen-bond acceptors (Lipinski definition) is 2. The second-order valence-corrected chi connectivity index (χ2v) is 7.30. The number of piperidine rings is 1. The molecule has 1 aliphatic rings. The number of alkyl halides is 1. The number of aromatic nitrogens is 2. The predicted octanol–water partition coefficient (Wildman–Crippen LogP) is 3.63. The van der Waals surface area contributed by atoms with Crippen LogP contribution in [0, 0.1) is 5.92 Å². The molecule has 0 saturated carbocycles. The summed E-state index contributed by atoms with van der Waals surface area (Å²) in [6.07, 6.45) is 3.43. The van der Waals surface area contributed by atoms with Gasteiger partial charge in [0.25, 0.3) is 0 Å². The third-order valence-corrected chi connectivity index (χ3v) is 5.34. The van der Waals surface area contributed by atoms with E-state index in [0.717, 1.165) is 48.4 Å². The van der Waals surface area contributed by atoms with Crippen molar-refractivity contribution in [3.05, 3.63) is 16.4 Å². The molecule has 0 radical (unpaired) electrons. The lowest BCUT2D eigenvalue weighted by molar-refractivity contribution is 0.175. The Kier molecular flexibility index (Phi) is 5.32. The standard InChI is InChI=1S/C14H23BrClN3/c1-4-12-14(16)13(18(3)17-12)9-19-7-5-11(6-8-19)10(2)15/h10-11H,4-9H2,1-3H3. The van der Waals surface area contributed by atoms with Crippen LogP contribution in [0.5, 0.6) is 0 Å². The highest BCUT2D eigenvalue weighted by Crippen LogP contribution is 2.27. The molecule has 1 unspecified atom stereocenters. The summed E-state index contributed by atoms with van der Waals surface area (Å²) < 4.78 is 1.94. The van der Waals surface area contributed by atoms with Crippen molar-refractivity contribution < 1.29 is 0 Å². The van der Waals surface area contributed by atoms with Gasteiger partial charge in [-0.2, -0.15) is 5.10 Å². The van der Waals surface area contributed by atoms with Gasteiger partial charge < -0.3 is 0 Å². The maximum Gasteiger partial charge on any atom is 0.0863 e. The number of nitrogens with zero attached hydrogens (tertiary/aromatic N) is 3. The number of likely N-dealkylation sites (tertiary alicyclic amines) is 1. The fourth-order valence-corrected chi connectivity index (χ4v) is 3.66. The fraction of sp³-hybridized carbons (Fsp3) is 0.786. The van der Waals surface area contributed by atoms with Gasteiger partial charge in [-0.05, 0) is 38.3 Å². The third kappa shape index (κ3) is 3.53. The van der Waals surface area contributed by atoms with Crippen molar-refractivity contribution in [1.82, 2.24) is 14.7 Å². The van der Waals surface area contributed by atoms with Crippen LogP contribution in [-0.2, 0) is 20.0 Å². The first kappa shape index (κ1) is 15.3. The average molecular weight is 349 g/mol. The maximum atomic E-state index is 6.41. The molecule has 0 N–H and O–H groups in total. The Morgan fingerprint density at radius 1 is 1.42 bits per heavy atom. The van der Waals surface area contributed by atoms with Crippen LogP contribution in [0.4, 0.5) is 0 Å². The molecule has 1 saturated heterocycles. The van der Waals surface area contributed by atoms with Gasteiger partial charge in [-0.25, -0.2) is 0 Å². The molecule has 1 aromatic rings. The zero-order valence-electron chi connectivity index (χ0n) is 12.0. The summed E-state index contributed by atoms with van der Waals surface area (Å²) in [5, 5.41) is 5.35. The molecular weight excluding hydrogens is 326 g/mol. The number of aryl methyl sites for hydroxylation is 2. The largest absolute Gasteiger partial charge is 0.297 e. The van der Waals surface area contributed by atoms with Crippen LogP contribution in [0.15, 0.2) is 0 Å². The van der Waals surface area contributed by atoms with Crippen molar-refractivity contribution in [2.45, 2.75) is 44.5 Å². The van der Waals surface area contributed by atoms with E-state index >= 15 is 0 Å². The zero-order chi connectivity index (χ0) is 14.0. The second-order valence-electron chi connectivity index (χ2n) is 5.48. The first-order valence-electron chi connectivity index (χ1n) is 7.09. The van der Waals surface area contributed by atoms with Gasteiger partial charge in [0.1, 0.15) is 0 Å². The molecule has 19 heavy (non-hydrogen) atoms. The second kappa shape index (κ2) is 6.59. The molecule has 0 bridgehead atoms. The maximum absolute atomic E-state index is 6.41. The Balaban J connectivity index is 1.98. The first-order chi connectivity index (χ1) is 9.02. The van der Waals surface area contributed by atoms with Gasteiger partial charge in [0.05, 0.1) is 16.4 Å². The lowest BCUT2D eigenvalue weighted by Gasteiger charge is -2.33. The van der Waals surface area contributed by atoms with E-state index in [-0.39, 0.29) is 0 Å². The van der Waals surface area contributed by atoms with E-state index < -0.39 is 0 Å². The Morgan fingerprint density at radius 2 is 2.05 bits per heavy atom. The Hall–Kier alpha value is -0.0600. The van der Waals surface area contributed by atoms with Crippen LogP contribution in [0.2, 0.25) is 5.02 Å². The highest BCUT2D eigenvalue weighted by molar-refractivity contribution is 9.09. The molecule has 1 aromatic heterocycles. The Bertz CT molecular complexity index is 423. The summed E-state index contributed by atoms with van der Waals surface area (Å²) in [7, 11) is 1.99. The van der Waals surface area contributed by atoms with Crippen molar-refractivity contribution in [3.8, 4) is 0 Å². The number of halogens is 2. The van der Waals surface area contributed by atoms with Gasteiger partial charge in [-0.3, -0.25) is 9.58 Å². The summed E-state index contributed by atoms with van der Waals surface area (Å²) >= 11 is 10.1. The fourth-order valence-electron chi connectivity index (χ4n) is 2.77. The summed E-state index contributed by atoms with van der Waals surface area (Å²) in [6.45, 7) is 7.59. The van der Waals surface area contributed by atoms with E-state index in [4.69, 9.17) is 11.6 Å². The minimum absolute atomic E-state index is 0.627. The molecule has 0 aliphatic carbocycles. The van der Waals surface area contributed by atoms with Crippen molar-refractivity contribution in [1.29, 1.82) is 0 Å². The SMILES string of the molecule is CCc1nn(C)c(CN2CCC(C(C)Br)CC2)c1Cl. The molecule has 0 aromatic carbocycles. The van der Waals surface area contributed by atoms with Crippen molar-refractivity contribution in [3.63, 3.8) is 0 Å². The normalized spacial score (nSPS) is 19.8. The number of hydrogen-bond donors (Lipinski definition) is 0. The quantitative estimate of drug-likeness (QED) is 0.775. The van der Waals surface area contributed by atoms with E-state index in [1.165, 1.54) is 12.8 Å². The van der Waals surface area contributed by atoms with Crippen molar-refractivity contribution in [2.75, 3.05) is 13.1 Å². The van der Waals surface area contributed by atoms with E-state index in [1.807, 2.05) is 11.7 Å². The van der Waals surface area contributed by atoms with Gasteiger partial charge in [0.2, 0.25) is 0 Å². The zero-order valence-corrected chi connectivity index (χ0v) is 14.3. The van der Waals surface area contributed by atoms with Crippen LogP contribution in [0.25, 0.3) is 0 Å². The summed E-state index contributed by atoms with van der Waals surface area (Å²) in [5.41, 5.74) is 2.17. The Labute approximate surface area is 129 Å². The monoisotopic (exact) mass is 347 g/mol. The van der Waals surface area contributed by atoms with Crippen LogP contribution in [0.3, 0.4) is 0 Å². The smallest absolute Gasteiger partial charge is 0.0863 e. The molecule has 1 fully saturated rings. The first-order valence-corrected chi connectivity index (χ1v) is 8.39. The van der Waals surface area contributed by atoms with E-state index in [2.05, 4.69) is 39.8 Å². The van der Waals surface area contributed by atoms with Gasteiger partial charge >= 0.3 is 0 Å². The van der Waals surface area contributed by atoms with Crippen LogP contribution in [-0.4, -0.2) is 32.6 Å².